The van der Waals surface area contributed by atoms with Crippen molar-refractivity contribution in [1.82, 2.24) is 9.97 Å². The summed E-state index contributed by atoms with van der Waals surface area (Å²) in [5, 5.41) is 6.34. The Balaban J connectivity index is 1.78. The van der Waals surface area contributed by atoms with Gasteiger partial charge in [0, 0.05) is 35.3 Å². The highest BCUT2D eigenvalue weighted by atomic mass is 32.2. The highest BCUT2D eigenvalue weighted by Gasteiger charge is 2.15. The van der Waals surface area contributed by atoms with Gasteiger partial charge in [-0.25, -0.2) is 18.7 Å². The van der Waals surface area contributed by atoms with E-state index in [1.807, 2.05) is 24.5 Å². The van der Waals surface area contributed by atoms with Crippen LogP contribution in [0.25, 0.3) is 11.3 Å². The summed E-state index contributed by atoms with van der Waals surface area (Å²) in [6.45, 7) is 1.17. The normalized spacial score (nSPS) is 13.7. The second-order valence-corrected chi connectivity index (χ2v) is 7.85. The number of fused-ring (bicyclic) bond motifs is 6. The fourth-order valence-corrected chi connectivity index (χ4v) is 3.82. The first-order chi connectivity index (χ1) is 14.6. The van der Waals surface area contributed by atoms with Crippen molar-refractivity contribution < 1.29 is 13.5 Å². The molecule has 2 heterocycles. The van der Waals surface area contributed by atoms with Crippen molar-refractivity contribution in [3.63, 3.8) is 0 Å². The molecule has 0 atom stereocenters. The Kier molecular flexibility index (Phi) is 6.32. The molecule has 0 spiro atoms. The zero-order valence-electron chi connectivity index (χ0n) is 16.5. The maximum Gasteiger partial charge on any atom is 0.227 e. The molecule has 4 rings (SSSR count). The van der Waals surface area contributed by atoms with Gasteiger partial charge in [0.1, 0.15) is 17.3 Å². The van der Waals surface area contributed by atoms with E-state index in [0.717, 1.165) is 41.8 Å². The quantitative estimate of drug-likeness (QED) is 0.553. The van der Waals surface area contributed by atoms with Gasteiger partial charge in [-0.15, -0.1) is 0 Å². The Hall–Kier alpha value is -2.87. The lowest BCUT2D eigenvalue weighted by molar-refractivity contribution is 0.308. The van der Waals surface area contributed by atoms with E-state index in [-0.39, 0.29) is 11.6 Å². The number of aromatic nitrogens is 2. The number of hydrogen-bond donors (Lipinski definition) is 2. The van der Waals surface area contributed by atoms with Crippen LogP contribution in [-0.4, -0.2) is 29.4 Å². The third-order valence-corrected chi connectivity index (χ3v) is 5.29. The van der Waals surface area contributed by atoms with E-state index in [1.165, 1.54) is 18.2 Å². The topological polar surface area (TPSA) is 59.1 Å². The molecule has 0 aliphatic carbocycles. The molecule has 30 heavy (non-hydrogen) atoms. The minimum absolute atomic E-state index is 0.113. The van der Waals surface area contributed by atoms with Gasteiger partial charge in [0.25, 0.3) is 0 Å². The molecule has 8 heteroatoms. The van der Waals surface area contributed by atoms with Crippen LogP contribution in [0.2, 0.25) is 0 Å². The first-order valence-electron chi connectivity index (χ1n) is 9.71. The summed E-state index contributed by atoms with van der Waals surface area (Å²) in [6, 6.07) is 10.1. The largest absolute Gasteiger partial charge is 0.494 e. The zero-order valence-corrected chi connectivity index (χ0v) is 17.4. The summed E-state index contributed by atoms with van der Waals surface area (Å²) in [5.41, 5.74) is 2.97. The SMILES string of the molecule is CSCc1cc2cc(c1)OCCCCNc1cc(F)ccc1-c1nc(ncc1F)N2. The highest BCUT2D eigenvalue weighted by molar-refractivity contribution is 7.97. The molecule has 2 aromatic carbocycles. The zero-order chi connectivity index (χ0) is 20.9. The van der Waals surface area contributed by atoms with Crippen LogP contribution in [0.5, 0.6) is 5.75 Å². The van der Waals surface area contributed by atoms with E-state index < -0.39 is 11.6 Å². The minimum Gasteiger partial charge on any atom is -0.494 e. The van der Waals surface area contributed by atoms with Crippen LogP contribution < -0.4 is 15.4 Å². The molecule has 0 unspecified atom stereocenters. The molecule has 1 aromatic heterocycles. The van der Waals surface area contributed by atoms with Gasteiger partial charge in [-0.1, -0.05) is 0 Å². The number of nitrogens with zero attached hydrogens (tertiary/aromatic N) is 2. The van der Waals surface area contributed by atoms with E-state index in [0.29, 0.717) is 24.4 Å². The second-order valence-electron chi connectivity index (χ2n) is 6.99. The van der Waals surface area contributed by atoms with Gasteiger partial charge in [-0.2, -0.15) is 11.8 Å². The Bertz CT molecular complexity index is 1050. The van der Waals surface area contributed by atoms with Gasteiger partial charge in [0.2, 0.25) is 5.95 Å². The van der Waals surface area contributed by atoms with Crippen molar-refractivity contribution in [2.24, 2.45) is 0 Å². The Labute approximate surface area is 178 Å². The molecular formula is C22H22F2N4OS. The fourth-order valence-electron chi connectivity index (χ4n) is 3.32. The van der Waals surface area contributed by atoms with Crippen molar-refractivity contribution in [3.05, 3.63) is 59.8 Å². The molecule has 0 radical (unpaired) electrons. The number of benzene rings is 2. The van der Waals surface area contributed by atoms with Gasteiger partial charge in [-0.05, 0) is 55.0 Å². The predicted molar refractivity (Wildman–Crippen MR) is 118 cm³/mol. The van der Waals surface area contributed by atoms with Gasteiger partial charge < -0.3 is 15.4 Å². The second kappa shape index (κ2) is 9.30. The molecule has 5 nitrogen and oxygen atoms in total. The Morgan fingerprint density at radius 2 is 2.03 bits per heavy atom. The van der Waals surface area contributed by atoms with Crippen LogP contribution in [0.4, 0.5) is 26.1 Å². The third kappa shape index (κ3) is 4.81. The van der Waals surface area contributed by atoms with E-state index >= 15 is 0 Å². The van der Waals surface area contributed by atoms with Gasteiger partial charge in [0.05, 0.1) is 12.8 Å². The predicted octanol–water partition coefficient (Wildman–Crippen LogP) is 5.61. The maximum atomic E-state index is 14.6. The van der Waals surface area contributed by atoms with Crippen LogP contribution in [0.3, 0.4) is 0 Å². The molecule has 0 saturated heterocycles. The Morgan fingerprint density at radius 1 is 1.13 bits per heavy atom. The maximum absolute atomic E-state index is 14.6. The summed E-state index contributed by atoms with van der Waals surface area (Å²) in [7, 11) is 0. The van der Waals surface area contributed by atoms with Gasteiger partial charge in [-0.3, -0.25) is 0 Å². The van der Waals surface area contributed by atoms with E-state index in [1.54, 1.807) is 11.8 Å². The summed E-state index contributed by atoms with van der Waals surface area (Å²) in [5.74, 6) is 0.889. The molecular weight excluding hydrogens is 406 g/mol. The van der Waals surface area contributed by atoms with Crippen molar-refractivity contribution in [1.29, 1.82) is 0 Å². The number of anilines is 3. The molecule has 0 saturated carbocycles. The fraction of sp³-hybridized carbons (Fsp3) is 0.273. The molecule has 2 N–H and O–H groups in total. The molecule has 0 fully saturated rings. The first kappa shape index (κ1) is 20.4. The standard InChI is InChI=1S/C22H22F2N4OS/c1-30-13-14-8-16-11-17(9-14)29-7-3-2-6-25-20-10-15(23)4-5-18(20)21-19(24)12-26-22(27-16)28-21/h4-5,8-12,25H,2-3,6-7,13H2,1H3,(H,26,27,28). The number of thioether (sulfide) groups is 1. The average molecular weight is 429 g/mol. The summed E-state index contributed by atoms with van der Waals surface area (Å²) >= 11 is 1.72. The van der Waals surface area contributed by atoms with E-state index in [2.05, 4.69) is 20.6 Å². The van der Waals surface area contributed by atoms with Crippen LogP contribution in [-0.2, 0) is 5.75 Å². The molecule has 1 aliphatic heterocycles. The monoisotopic (exact) mass is 428 g/mol. The highest BCUT2D eigenvalue weighted by Crippen LogP contribution is 2.31. The third-order valence-electron chi connectivity index (χ3n) is 4.67. The minimum atomic E-state index is -0.570. The average Bonchev–Trinajstić information content (AvgIpc) is 2.72. The van der Waals surface area contributed by atoms with Crippen molar-refractivity contribution in [3.8, 4) is 17.0 Å². The molecule has 4 bridgehead atoms. The molecule has 0 amide bonds. The lowest BCUT2D eigenvalue weighted by Gasteiger charge is -2.13. The van der Waals surface area contributed by atoms with Crippen LogP contribution >= 0.6 is 11.8 Å². The number of hydrogen-bond acceptors (Lipinski definition) is 6. The molecule has 3 aromatic rings. The summed E-state index contributed by atoms with van der Waals surface area (Å²) in [6.07, 6.45) is 4.82. The van der Waals surface area contributed by atoms with Crippen LogP contribution in [0, 0.1) is 11.6 Å². The molecule has 156 valence electrons. The van der Waals surface area contributed by atoms with Gasteiger partial charge >= 0.3 is 0 Å². The van der Waals surface area contributed by atoms with Crippen molar-refractivity contribution in [2.75, 3.05) is 30.0 Å². The number of nitrogens with one attached hydrogen (secondary N) is 2. The van der Waals surface area contributed by atoms with Gasteiger partial charge in [0.15, 0.2) is 5.82 Å². The van der Waals surface area contributed by atoms with Crippen molar-refractivity contribution in [2.45, 2.75) is 18.6 Å². The Morgan fingerprint density at radius 3 is 2.90 bits per heavy atom. The number of rotatable bonds is 2. The summed E-state index contributed by atoms with van der Waals surface area (Å²) in [4.78, 5) is 8.46. The van der Waals surface area contributed by atoms with Crippen LogP contribution in [0.1, 0.15) is 18.4 Å². The smallest absolute Gasteiger partial charge is 0.227 e. The van der Waals surface area contributed by atoms with E-state index in [9.17, 15) is 8.78 Å². The lowest BCUT2D eigenvalue weighted by Crippen LogP contribution is -2.07. The number of halogens is 2. The summed E-state index contributed by atoms with van der Waals surface area (Å²) < 4.78 is 34.4. The number of ether oxygens (including phenoxy) is 1. The van der Waals surface area contributed by atoms with Crippen LogP contribution in [0.15, 0.2) is 42.6 Å². The van der Waals surface area contributed by atoms with E-state index in [4.69, 9.17) is 4.74 Å². The van der Waals surface area contributed by atoms with Crippen molar-refractivity contribution >= 4 is 29.1 Å². The molecule has 1 aliphatic rings. The first-order valence-corrected chi connectivity index (χ1v) is 11.1. The lowest BCUT2D eigenvalue weighted by atomic mass is 10.1.